The summed E-state index contributed by atoms with van der Waals surface area (Å²) in [5, 5.41) is 4.36. The van der Waals surface area contributed by atoms with Crippen molar-refractivity contribution in [2.75, 3.05) is 0 Å². The van der Waals surface area contributed by atoms with Gasteiger partial charge in [-0.1, -0.05) is 12.1 Å². The predicted molar refractivity (Wildman–Crippen MR) is 113 cm³/mol. The van der Waals surface area contributed by atoms with Crippen molar-refractivity contribution in [2.45, 2.75) is 13.8 Å². The number of benzene rings is 2. The summed E-state index contributed by atoms with van der Waals surface area (Å²) in [5.41, 5.74) is 6.71. The van der Waals surface area contributed by atoms with Crippen LogP contribution in [0.5, 0.6) is 0 Å². The molecule has 0 spiro atoms. The zero-order chi connectivity index (χ0) is 20.4. The van der Waals surface area contributed by atoms with E-state index >= 15 is 0 Å². The summed E-state index contributed by atoms with van der Waals surface area (Å²) in [5.74, 6) is -0.362. The molecule has 1 amide bonds. The highest BCUT2D eigenvalue weighted by molar-refractivity contribution is 5.95. The molecule has 0 fully saturated rings. The third-order valence-corrected chi connectivity index (χ3v) is 4.74. The first-order chi connectivity index (χ1) is 14.0. The van der Waals surface area contributed by atoms with Gasteiger partial charge in [-0.15, -0.1) is 0 Å². The number of para-hydroxylation sites is 1. The number of hydrazone groups is 1. The Kier molecular flexibility index (Phi) is 4.83. The summed E-state index contributed by atoms with van der Waals surface area (Å²) in [6.45, 7) is 4.07. The van der Waals surface area contributed by atoms with E-state index in [4.69, 9.17) is 4.42 Å². The van der Waals surface area contributed by atoms with Crippen LogP contribution in [0.3, 0.4) is 0 Å². The lowest BCUT2D eigenvalue weighted by atomic mass is 10.2. The Balaban J connectivity index is 1.49. The summed E-state index contributed by atoms with van der Waals surface area (Å²) in [6, 6.07) is 18.3. The van der Waals surface area contributed by atoms with Crippen molar-refractivity contribution in [1.29, 1.82) is 0 Å². The quantitative estimate of drug-likeness (QED) is 0.427. The minimum atomic E-state index is -0.362. The van der Waals surface area contributed by atoms with E-state index in [0.717, 1.165) is 17.1 Å². The molecule has 0 radical (unpaired) electrons. The van der Waals surface area contributed by atoms with E-state index in [1.165, 1.54) is 12.5 Å². The Morgan fingerprint density at radius 1 is 1.00 bits per heavy atom. The molecule has 6 nitrogen and oxygen atoms in total. The van der Waals surface area contributed by atoms with Gasteiger partial charge in [0.25, 0.3) is 5.91 Å². The Labute approximate surface area is 167 Å². The van der Waals surface area contributed by atoms with Crippen LogP contribution in [0.25, 0.3) is 16.7 Å². The number of aryl methyl sites for hydroxylation is 2. The largest absolute Gasteiger partial charge is 0.463 e. The minimum Gasteiger partial charge on any atom is -0.463 e. The Morgan fingerprint density at radius 2 is 1.69 bits per heavy atom. The van der Waals surface area contributed by atoms with Gasteiger partial charge in [-0.2, -0.15) is 5.10 Å². The third kappa shape index (κ3) is 3.60. The molecule has 0 aliphatic heterocycles. The van der Waals surface area contributed by atoms with Gasteiger partial charge in [-0.05, 0) is 62.4 Å². The van der Waals surface area contributed by atoms with E-state index in [1.54, 1.807) is 36.4 Å². The van der Waals surface area contributed by atoms with E-state index in [2.05, 4.69) is 15.1 Å². The maximum Gasteiger partial charge on any atom is 0.271 e. The number of hydrogen-bond donors (Lipinski definition) is 1. The third-order valence-electron chi connectivity index (χ3n) is 4.74. The van der Waals surface area contributed by atoms with Gasteiger partial charge >= 0.3 is 0 Å². The number of carbonyl (C=O) groups excluding carboxylic acids is 1. The molecule has 0 aliphatic carbocycles. The molecule has 0 saturated carbocycles. The fourth-order valence-electron chi connectivity index (χ4n) is 3.24. The van der Waals surface area contributed by atoms with Crippen LogP contribution in [0.4, 0.5) is 0 Å². The van der Waals surface area contributed by atoms with Crippen molar-refractivity contribution in [3.63, 3.8) is 0 Å². The summed E-state index contributed by atoms with van der Waals surface area (Å²) in [7, 11) is 0. The van der Waals surface area contributed by atoms with Crippen LogP contribution in [0.2, 0.25) is 0 Å². The van der Waals surface area contributed by atoms with Gasteiger partial charge in [0, 0.05) is 22.6 Å². The summed E-state index contributed by atoms with van der Waals surface area (Å²) < 4.78 is 7.54. The van der Waals surface area contributed by atoms with Crippen LogP contribution in [0, 0.1) is 13.8 Å². The lowest BCUT2D eigenvalue weighted by molar-refractivity contribution is 0.0955. The second-order valence-electron chi connectivity index (χ2n) is 6.71. The molecule has 2 aromatic carbocycles. The summed E-state index contributed by atoms with van der Waals surface area (Å²) >= 11 is 0. The van der Waals surface area contributed by atoms with Gasteiger partial charge in [0.1, 0.15) is 11.8 Å². The van der Waals surface area contributed by atoms with Crippen LogP contribution in [0.1, 0.15) is 27.3 Å². The standard InChI is InChI=1S/C23H19N3O3/c1-15-7-8-16(2)26(15)19-11-9-17(10-12-19)23(28)25-24-13-18-14-29-21-6-4-3-5-20(21)22(18)27/h3-14H,1-2H3,(H,25,28)/b24-13-. The van der Waals surface area contributed by atoms with Gasteiger partial charge in [0.15, 0.2) is 0 Å². The highest BCUT2D eigenvalue weighted by atomic mass is 16.3. The average Bonchev–Trinajstić information content (AvgIpc) is 3.08. The fraction of sp³-hybridized carbons (Fsp3) is 0.0870. The minimum absolute atomic E-state index is 0.202. The molecule has 0 unspecified atom stereocenters. The van der Waals surface area contributed by atoms with Gasteiger partial charge in [0.05, 0.1) is 17.2 Å². The van der Waals surface area contributed by atoms with Gasteiger partial charge in [-0.25, -0.2) is 5.43 Å². The van der Waals surface area contributed by atoms with Crippen molar-refractivity contribution in [3.05, 3.63) is 99.7 Å². The molecule has 0 saturated heterocycles. The number of nitrogens with zero attached hydrogens (tertiary/aromatic N) is 2. The number of carbonyl (C=O) groups is 1. The van der Waals surface area contributed by atoms with Crippen molar-refractivity contribution < 1.29 is 9.21 Å². The number of hydrogen-bond acceptors (Lipinski definition) is 4. The molecule has 0 atom stereocenters. The topological polar surface area (TPSA) is 76.6 Å². The molecule has 144 valence electrons. The number of amides is 1. The maximum atomic E-state index is 12.4. The number of aromatic nitrogens is 1. The molecule has 2 aromatic heterocycles. The molecule has 6 heteroatoms. The summed E-state index contributed by atoms with van der Waals surface area (Å²) in [4.78, 5) is 24.7. The first kappa shape index (κ1) is 18.4. The van der Waals surface area contributed by atoms with Crippen molar-refractivity contribution in [3.8, 4) is 5.69 Å². The Morgan fingerprint density at radius 3 is 2.41 bits per heavy atom. The molecule has 0 aliphatic rings. The normalized spacial score (nSPS) is 11.2. The second-order valence-corrected chi connectivity index (χ2v) is 6.71. The zero-order valence-electron chi connectivity index (χ0n) is 16.0. The maximum absolute atomic E-state index is 12.4. The first-order valence-electron chi connectivity index (χ1n) is 9.14. The molecular weight excluding hydrogens is 366 g/mol. The van der Waals surface area contributed by atoms with E-state index in [0.29, 0.717) is 16.5 Å². The van der Waals surface area contributed by atoms with Gasteiger partial charge in [-0.3, -0.25) is 9.59 Å². The van der Waals surface area contributed by atoms with E-state index < -0.39 is 0 Å². The SMILES string of the molecule is Cc1ccc(C)n1-c1ccc(C(=O)N/N=C\c2coc3ccccc3c2=O)cc1. The van der Waals surface area contributed by atoms with Crippen LogP contribution in [0.15, 0.2) is 81.2 Å². The first-order valence-corrected chi connectivity index (χ1v) is 9.14. The molecule has 2 heterocycles. The molecule has 4 aromatic rings. The van der Waals surface area contributed by atoms with Gasteiger partial charge < -0.3 is 8.98 Å². The lowest BCUT2D eigenvalue weighted by Gasteiger charge is -2.10. The van der Waals surface area contributed by atoms with E-state index in [1.807, 2.05) is 38.1 Å². The predicted octanol–water partition coefficient (Wildman–Crippen LogP) is 3.96. The molecular formula is C23H19N3O3. The van der Waals surface area contributed by atoms with Crippen molar-refractivity contribution in [1.82, 2.24) is 9.99 Å². The van der Waals surface area contributed by atoms with Gasteiger partial charge in [0.2, 0.25) is 5.43 Å². The second kappa shape index (κ2) is 7.59. The molecule has 29 heavy (non-hydrogen) atoms. The van der Waals surface area contributed by atoms with Crippen LogP contribution >= 0.6 is 0 Å². The van der Waals surface area contributed by atoms with Crippen molar-refractivity contribution >= 4 is 23.1 Å². The summed E-state index contributed by atoms with van der Waals surface area (Å²) in [6.07, 6.45) is 2.62. The average molecular weight is 385 g/mol. The molecule has 1 N–H and O–H groups in total. The molecule has 0 bridgehead atoms. The van der Waals surface area contributed by atoms with E-state index in [-0.39, 0.29) is 16.9 Å². The van der Waals surface area contributed by atoms with Crippen LogP contribution in [-0.2, 0) is 0 Å². The smallest absolute Gasteiger partial charge is 0.271 e. The Hall–Kier alpha value is -3.93. The van der Waals surface area contributed by atoms with Crippen LogP contribution in [-0.4, -0.2) is 16.7 Å². The highest BCUT2D eigenvalue weighted by Gasteiger charge is 2.08. The highest BCUT2D eigenvalue weighted by Crippen LogP contribution is 2.17. The fourth-order valence-corrected chi connectivity index (χ4v) is 3.24. The lowest BCUT2D eigenvalue weighted by Crippen LogP contribution is -2.18. The van der Waals surface area contributed by atoms with Crippen LogP contribution < -0.4 is 10.9 Å². The molecule has 4 rings (SSSR count). The van der Waals surface area contributed by atoms with E-state index in [9.17, 15) is 9.59 Å². The monoisotopic (exact) mass is 385 g/mol. The number of rotatable bonds is 4. The number of nitrogens with one attached hydrogen (secondary N) is 1. The van der Waals surface area contributed by atoms with Crippen molar-refractivity contribution in [2.24, 2.45) is 5.10 Å². The number of fused-ring (bicyclic) bond motifs is 1. The Bertz CT molecular complexity index is 1260. The zero-order valence-corrected chi connectivity index (χ0v) is 16.0.